The Kier molecular flexibility index (Phi) is 4.56. The normalized spacial score (nSPS) is 24.1. The van der Waals surface area contributed by atoms with Crippen LogP contribution in [0, 0.1) is 11.8 Å². The highest BCUT2D eigenvalue weighted by molar-refractivity contribution is 6.42. The average Bonchev–Trinajstić information content (AvgIpc) is 3.38. The summed E-state index contributed by atoms with van der Waals surface area (Å²) in [4.78, 5) is 25.6. The minimum Gasteiger partial charge on any atom is -0.481 e. The summed E-state index contributed by atoms with van der Waals surface area (Å²) >= 11 is 12.3. The molecule has 0 aliphatic heterocycles. The number of carbonyl (C=O) groups is 2. The second-order valence-electron chi connectivity index (χ2n) is 6.55. The molecule has 2 saturated carbocycles. The third kappa shape index (κ3) is 3.48. The summed E-state index contributed by atoms with van der Waals surface area (Å²) in [6.45, 7) is 1.93. The Morgan fingerprint density at radius 3 is 2.65 bits per heavy atom. The molecule has 3 atom stereocenters. The largest absolute Gasteiger partial charge is 0.481 e. The summed E-state index contributed by atoms with van der Waals surface area (Å²) < 4.78 is 0. The number of carboxylic acid groups (broad SMARTS) is 1. The fourth-order valence-corrected chi connectivity index (χ4v) is 3.46. The first-order chi connectivity index (χ1) is 10.9. The number of hydrogen-bond donors (Lipinski definition) is 1. The van der Waals surface area contributed by atoms with Crippen LogP contribution in [-0.4, -0.2) is 34.5 Å². The average molecular weight is 356 g/mol. The summed E-state index contributed by atoms with van der Waals surface area (Å²) in [5.74, 6) is -1.37. The van der Waals surface area contributed by atoms with Crippen molar-refractivity contribution in [3.63, 3.8) is 0 Å². The molecule has 2 fully saturated rings. The number of amides is 1. The van der Waals surface area contributed by atoms with Crippen molar-refractivity contribution in [1.82, 2.24) is 4.90 Å². The number of nitrogens with zero attached hydrogens (tertiary/aromatic N) is 1. The second-order valence-corrected chi connectivity index (χ2v) is 7.34. The lowest BCUT2D eigenvalue weighted by molar-refractivity contribution is -0.143. The minimum absolute atomic E-state index is 0.0571. The zero-order valence-corrected chi connectivity index (χ0v) is 14.3. The predicted octanol–water partition coefficient (Wildman–Crippen LogP) is 3.81. The predicted molar refractivity (Wildman–Crippen MR) is 88.8 cm³/mol. The molecule has 2 aliphatic carbocycles. The summed E-state index contributed by atoms with van der Waals surface area (Å²) in [6.07, 6.45) is 2.68. The van der Waals surface area contributed by atoms with Gasteiger partial charge in [-0.2, -0.15) is 0 Å². The molecule has 1 amide bonds. The van der Waals surface area contributed by atoms with Gasteiger partial charge in [-0.15, -0.1) is 0 Å². The molecule has 0 spiro atoms. The fraction of sp³-hybridized carbons (Fsp3) is 0.529. The van der Waals surface area contributed by atoms with E-state index in [0.717, 1.165) is 24.8 Å². The van der Waals surface area contributed by atoms with Gasteiger partial charge in [0.15, 0.2) is 0 Å². The van der Waals surface area contributed by atoms with E-state index in [1.54, 1.807) is 17.9 Å². The highest BCUT2D eigenvalue weighted by Crippen LogP contribution is 2.52. The van der Waals surface area contributed by atoms with Gasteiger partial charge in [0, 0.05) is 18.5 Å². The van der Waals surface area contributed by atoms with Crippen molar-refractivity contribution in [3.05, 3.63) is 33.8 Å². The van der Waals surface area contributed by atoms with Crippen LogP contribution in [0.4, 0.5) is 0 Å². The molecule has 3 rings (SSSR count). The first-order valence-corrected chi connectivity index (χ1v) is 8.63. The Balaban J connectivity index is 1.70. The van der Waals surface area contributed by atoms with Gasteiger partial charge in [-0.1, -0.05) is 42.3 Å². The summed E-state index contributed by atoms with van der Waals surface area (Å²) in [5, 5.41) is 10.1. The van der Waals surface area contributed by atoms with Crippen LogP contribution in [0.15, 0.2) is 18.2 Å². The highest BCUT2D eigenvalue weighted by Gasteiger charge is 2.49. The lowest BCUT2D eigenvalue weighted by atomic mass is 10.1. The van der Waals surface area contributed by atoms with Crippen LogP contribution < -0.4 is 0 Å². The van der Waals surface area contributed by atoms with E-state index < -0.39 is 11.9 Å². The standard InChI is InChI=1S/C17H19Cl2NO3/c1-9(17(22)23)8-20(10-5-6-10)16(21)13-7-12(13)11-3-2-4-14(18)15(11)19/h2-4,9-10,12-13H,5-8H2,1H3,(H,22,23). The van der Waals surface area contributed by atoms with Crippen LogP contribution in [0.25, 0.3) is 0 Å². The van der Waals surface area contributed by atoms with Crippen LogP contribution in [0.1, 0.15) is 37.7 Å². The molecule has 0 aromatic heterocycles. The Bertz CT molecular complexity index is 645. The second kappa shape index (κ2) is 6.33. The number of hydrogen-bond acceptors (Lipinski definition) is 2. The fourth-order valence-electron chi connectivity index (χ4n) is 3.01. The van der Waals surface area contributed by atoms with Crippen molar-refractivity contribution < 1.29 is 14.7 Å². The van der Waals surface area contributed by atoms with Crippen molar-refractivity contribution >= 4 is 35.1 Å². The van der Waals surface area contributed by atoms with Crippen molar-refractivity contribution in [2.45, 2.75) is 38.1 Å². The quantitative estimate of drug-likeness (QED) is 0.843. The lowest BCUT2D eigenvalue weighted by Gasteiger charge is -2.24. The molecule has 1 N–H and O–H groups in total. The monoisotopic (exact) mass is 355 g/mol. The molecule has 1 aromatic rings. The van der Waals surface area contributed by atoms with Gasteiger partial charge in [-0.05, 0) is 36.8 Å². The Hall–Kier alpha value is -1.26. The molecular weight excluding hydrogens is 337 g/mol. The van der Waals surface area contributed by atoms with E-state index in [-0.39, 0.29) is 30.3 Å². The minimum atomic E-state index is -0.867. The third-order valence-electron chi connectivity index (χ3n) is 4.65. The zero-order chi connectivity index (χ0) is 16.7. The number of aliphatic carboxylic acids is 1. The van der Waals surface area contributed by atoms with Gasteiger partial charge in [-0.3, -0.25) is 9.59 Å². The molecule has 2 aliphatic rings. The molecule has 23 heavy (non-hydrogen) atoms. The summed E-state index contributed by atoms with van der Waals surface area (Å²) in [5.41, 5.74) is 0.916. The van der Waals surface area contributed by atoms with Crippen LogP contribution in [0.3, 0.4) is 0 Å². The van der Waals surface area contributed by atoms with Gasteiger partial charge in [0.25, 0.3) is 0 Å². The number of benzene rings is 1. The summed E-state index contributed by atoms with van der Waals surface area (Å²) in [7, 11) is 0. The van der Waals surface area contributed by atoms with E-state index in [1.165, 1.54) is 0 Å². The molecule has 6 heteroatoms. The summed E-state index contributed by atoms with van der Waals surface area (Å²) in [6, 6.07) is 5.69. The number of halogens is 2. The molecule has 124 valence electrons. The zero-order valence-electron chi connectivity index (χ0n) is 12.8. The van der Waals surface area contributed by atoms with Gasteiger partial charge in [0.1, 0.15) is 0 Å². The van der Waals surface area contributed by atoms with Crippen molar-refractivity contribution in [1.29, 1.82) is 0 Å². The van der Waals surface area contributed by atoms with Crippen molar-refractivity contribution in [3.8, 4) is 0 Å². The molecule has 0 radical (unpaired) electrons. The molecule has 0 saturated heterocycles. The molecule has 3 unspecified atom stereocenters. The van der Waals surface area contributed by atoms with Crippen LogP contribution >= 0.6 is 23.2 Å². The molecule has 1 aromatic carbocycles. The van der Waals surface area contributed by atoms with E-state index in [9.17, 15) is 9.59 Å². The van der Waals surface area contributed by atoms with E-state index in [4.69, 9.17) is 28.3 Å². The number of rotatable bonds is 6. The molecule has 0 bridgehead atoms. The van der Waals surface area contributed by atoms with E-state index in [2.05, 4.69) is 0 Å². The first-order valence-electron chi connectivity index (χ1n) is 7.87. The van der Waals surface area contributed by atoms with Gasteiger partial charge in [-0.25, -0.2) is 0 Å². The van der Waals surface area contributed by atoms with Gasteiger partial charge < -0.3 is 10.0 Å². The molecule has 0 heterocycles. The lowest BCUT2D eigenvalue weighted by Crippen LogP contribution is -2.39. The number of carbonyl (C=O) groups excluding carboxylic acids is 1. The maximum Gasteiger partial charge on any atom is 0.308 e. The van der Waals surface area contributed by atoms with Gasteiger partial charge in [0.05, 0.1) is 16.0 Å². The topological polar surface area (TPSA) is 57.6 Å². The first kappa shape index (κ1) is 16.6. The maximum absolute atomic E-state index is 12.8. The Labute approximate surface area is 145 Å². The molecular formula is C17H19Cl2NO3. The maximum atomic E-state index is 12.8. The van der Waals surface area contributed by atoms with Crippen LogP contribution in [-0.2, 0) is 9.59 Å². The Morgan fingerprint density at radius 2 is 2.04 bits per heavy atom. The molecule has 4 nitrogen and oxygen atoms in total. The van der Waals surface area contributed by atoms with Crippen LogP contribution in [0.2, 0.25) is 10.0 Å². The smallest absolute Gasteiger partial charge is 0.308 e. The Morgan fingerprint density at radius 1 is 1.35 bits per heavy atom. The van der Waals surface area contributed by atoms with Gasteiger partial charge in [0.2, 0.25) is 5.91 Å². The van der Waals surface area contributed by atoms with Crippen LogP contribution in [0.5, 0.6) is 0 Å². The van der Waals surface area contributed by atoms with Crippen molar-refractivity contribution in [2.24, 2.45) is 11.8 Å². The van der Waals surface area contributed by atoms with E-state index in [1.807, 2.05) is 12.1 Å². The highest BCUT2D eigenvalue weighted by atomic mass is 35.5. The van der Waals surface area contributed by atoms with Crippen molar-refractivity contribution in [2.75, 3.05) is 6.54 Å². The van der Waals surface area contributed by atoms with E-state index >= 15 is 0 Å². The van der Waals surface area contributed by atoms with E-state index in [0.29, 0.717) is 10.0 Å². The SMILES string of the molecule is CC(CN(C(=O)C1CC1c1cccc(Cl)c1Cl)C1CC1)C(=O)O. The number of carboxylic acids is 1. The van der Waals surface area contributed by atoms with Gasteiger partial charge >= 0.3 is 5.97 Å². The third-order valence-corrected chi connectivity index (χ3v) is 5.48.